The van der Waals surface area contributed by atoms with Crippen molar-refractivity contribution in [3.63, 3.8) is 0 Å². The van der Waals surface area contributed by atoms with Crippen LogP contribution in [0.5, 0.6) is 0 Å². The van der Waals surface area contributed by atoms with Crippen LogP contribution >= 0.6 is 11.3 Å². The Bertz CT molecular complexity index is 873. The van der Waals surface area contributed by atoms with Crippen molar-refractivity contribution < 1.29 is 13.2 Å². The highest BCUT2D eigenvalue weighted by molar-refractivity contribution is 7.91. The summed E-state index contributed by atoms with van der Waals surface area (Å²) in [5.74, 6) is -0.0414. The lowest BCUT2D eigenvalue weighted by atomic mass is 10.0. The second-order valence-electron chi connectivity index (χ2n) is 6.76. The van der Waals surface area contributed by atoms with Crippen LogP contribution in [0.25, 0.3) is 0 Å². The van der Waals surface area contributed by atoms with Crippen LogP contribution in [0.4, 0.5) is 0 Å². The van der Waals surface area contributed by atoms with Gasteiger partial charge in [-0.3, -0.25) is 9.69 Å². The molecule has 27 heavy (non-hydrogen) atoms. The van der Waals surface area contributed by atoms with E-state index in [9.17, 15) is 13.2 Å². The summed E-state index contributed by atoms with van der Waals surface area (Å²) in [7, 11) is -3.41. The van der Waals surface area contributed by atoms with Crippen LogP contribution in [0.1, 0.15) is 24.1 Å². The van der Waals surface area contributed by atoms with Gasteiger partial charge in [-0.15, -0.1) is 11.3 Å². The zero-order valence-electron chi connectivity index (χ0n) is 15.6. The standard InChI is InChI=1S/C19H25N3O3S2/c1-15-6-3-4-7-17(15)16(2)20-18(23)14-21-9-11-22(12-10-21)27(24,25)19-8-5-13-26-19/h3-8,13,16H,9-12,14H2,1-2H3,(H,20,23)/t16-/m0/s1. The van der Waals surface area contributed by atoms with Gasteiger partial charge in [0.25, 0.3) is 10.0 Å². The van der Waals surface area contributed by atoms with E-state index in [1.807, 2.05) is 43.0 Å². The molecule has 6 nitrogen and oxygen atoms in total. The lowest BCUT2D eigenvalue weighted by molar-refractivity contribution is -0.123. The summed E-state index contributed by atoms with van der Waals surface area (Å²) in [6.07, 6.45) is 0. The molecule has 0 bridgehead atoms. The van der Waals surface area contributed by atoms with E-state index in [0.717, 1.165) is 11.1 Å². The average Bonchev–Trinajstić information content (AvgIpc) is 3.18. The van der Waals surface area contributed by atoms with Gasteiger partial charge in [-0.2, -0.15) is 4.31 Å². The summed E-state index contributed by atoms with van der Waals surface area (Å²) in [4.78, 5) is 14.4. The number of rotatable bonds is 6. The Hall–Kier alpha value is -1.74. The summed E-state index contributed by atoms with van der Waals surface area (Å²) in [6.45, 7) is 6.20. The quantitative estimate of drug-likeness (QED) is 0.797. The van der Waals surface area contributed by atoms with Gasteiger partial charge >= 0.3 is 0 Å². The molecule has 1 aromatic heterocycles. The molecular weight excluding hydrogens is 382 g/mol. The number of hydrogen-bond acceptors (Lipinski definition) is 5. The van der Waals surface area contributed by atoms with Crippen molar-refractivity contribution in [3.8, 4) is 0 Å². The molecule has 1 N–H and O–H groups in total. The molecule has 2 aromatic rings. The van der Waals surface area contributed by atoms with E-state index in [2.05, 4.69) is 5.32 Å². The van der Waals surface area contributed by atoms with Crippen LogP contribution in [0, 0.1) is 6.92 Å². The smallest absolute Gasteiger partial charge is 0.252 e. The second-order valence-corrected chi connectivity index (χ2v) is 9.87. The maximum absolute atomic E-state index is 12.6. The maximum atomic E-state index is 12.6. The number of nitrogens with one attached hydrogen (secondary N) is 1. The van der Waals surface area contributed by atoms with E-state index in [4.69, 9.17) is 0 Å². The molecule has 3 rings (SSSR count). The molecule has 0 saturated carbocycles. The van der Waals surface area contributed by atoms with Crippen LogP contribution < -0.4 is 5.32 Å². The minimum Gasteiger partial charge on any atom is -0.348 e. The zero-order chi connectivity index (χ0) is 19.4. The van der Waals surface area contributed by atoms with Crippen LogP contribution in [0.2, 0.25) is 0 Å². The van der Waals surface area contributed by atoms with Crippen molar-refractivity contribution in [2.75, 3.05) is 32.7 Å². The topological polar surface area (TPSA) is 69.7 Å². The summed E-state index contributed by atoms with van der Waals surface area (Å²) >= 11 is 1.23. The number of nitrogens with zero attached hydrogens (tertiary/aromatic N) is 2. The van der Waals surface area contributed by atoms with Crippen molar-refractivity contribution in [2.45, 2.75) is 24.1 Å². The van der Waals surface area contributed by atoms with Crippen LogP contribution in [0.15, 0.2) is 46.0 Å². The molecule has 0 radical (unpaired) electrons. The normalized spacial score (nSPS) is 17.6. The molecule has 8 heteroatoms. The van der Waals surface area contributed by atoms with Crippen molar-refractivity contribution in [1.29, 1.82) is 0 Å². The molecule has 0 spiro atoms. The number of benzene rings is 1. The molecule has 1 amide bonds. The van der Waals surface area contributed by atoms with E-state index in [1.165, 1.54) is 15.6 Å². The molecule has 0 aliphatic carbocycles. The van der Waals surface area contributed by atoms with Gasteiger partial charge in [0.15, 0.2) is 0 Å². The van der Waals surface area contributed by atoms with Crippen molar-refractivity contribution >= 4 is 27.3 Å². The first-order valence-electron chi connectivity index (χ1n) is 8.99. The highest BCUT2D eigenvalue weighted by atomic mass is 32.2. The number of aryl methyl sites for hydroxylation is 1. The minimum atomic E-state index is -3.41. The second kappa shape index (κ2) is 8.52. The number of thiophene rings is 1. The van der Waals surface area contributed by atoms with Gasteiger partial charge in [-0.05, 0) is 36.4 Å². The van der Waals surface area contributed by atoms with Crippen LogP contribution in [-0.2, 0) is 14.8 Å². The van der Waals surface area contributed by atoms with Gasteiger partial charge < -0.3 is 5.32 Å². The Morgan fingerprint density at radius 1 is 1.15 bits per heavy atom. The number of carbonyl (C=O) groups is 1. The predicted octanol–water partition coefficient (Wildman–Crippen LogP) is 2.24. The summed E-state index contributed by atoms with van der Waals surface area (Å²) < 4.78 is 27.0. The number of carbonyl (C=O) groups excluding carboxylic acids is 1. The first kappa shape index (κ1) is 20.0. The Morgan fingerprint density at radius 3 is 2.48 bits per heavy atom. The van der Waals surface area contributed by atoms with Crippen molar-refractivity contribution in [2.24, 2.45) is 0 Å². The van der Waals surface area contributed by atoms with Gasteiger partial charge in [0.05, 0.1) is 12.6 Å². The lowest BCUT2D eigenvalue weighted by Crippen LogP contribution is -2.51. The Balaban J connectivity index is 1.50. The van der Waals surface area contributed by atoms with Gasteiger partial charge in [0, 0.05) is 26.2 Å². The molecule has 0 unspecified atom stereocenters. The van der Waals surface area contributed by atoms with E-state index in [1.54, 1.807) is 17.5 Å². The zero-order valence-corrected chi connectivity index (χ0v) is 17.2. The average molecular weight is 408 g/mol. The summed E-state index contributed by atoms with van der Waals surface area (Å²) in [5, 5.41) is 4.80. The van der Waals surface area contributed by atoms with E-state index < -0.39 is 10.0 Å². The third-order valence-corrected chi connectivity index (χ3v) is 8.09. The van der Waals surface area contributed by atoms with Crippen molar-refractivity contribution in [1.82, 2.24) is 14.5 Å². The molecule has 1 fully saturated rings. The number of hydrogen-bond donors (Lipinski definition) is 1. The van der Waals surface area contributed by atoms with Crippen LogP contribution in [0.3, 0.4) is 0 Å². The highest BCUT2D eigenvalue weighted by Gasteiger charge is 2.29. The molecule has 1 atom stereocenters. The summed E-state index contributed by atoms with van der Waals surface area (Å²) in [5.41, 5.74) is 2.26. The largest absolute Gasteiger partial charge is 0.348 e. The number of amides is 1. The predicted molar refractivity (Wildman–Crippen MR) is 107 cm³/mol. The lowest BCUT2D eigenvalue weighted by Gasteiger charge is -2.33. The fourth-order valence-electron chi connectivity index (χ4n) is 3.31. The molecule has 1 aliphatic heterocycles. The monoisotopic (exact) mass is 407 g/mol. The fourth-order valence-corrected chi connectivity index (χ4v) is 5.87. The van der Waals surface area contributed by atoms with E-state index in [-0.39, 0.29) is 18.5 Å². The van der Waals surface area contributed by atoms with Gasteiger partial charge in [-0.25, -0.2) is 8.42 Å². The van der Waals surface area contributed by atoms with E-state index >= 15 is 0 Å². The Kier molecular flexibility index (Phi) is 6.31. The Labute approximate surface area is 164 Å². The molecule has 1 aliphatic rings. The Morgan fingerprint density at radius 2 is 1.85 bits per heavy atom. The van der Waals surface area contributed by atoms with Gasteiger partial charge in [0.1, 0.15) is 4.21 Å². The molecule has 2 heterocycles. The van der Waals surface area contributed by atoms with Gasteiger partial charge in [-0.1, -0.05) is 30.3 Å². The third-order valence-electron chi connectivity index (χ3n) is 4.82. The van der Waals surface area contributed by atoms with Crippen molar-refractivity contribution in [3.05, 3.63) is 52.9 Å². The molecule has 146 valence electrons. The summed E-state index contributed by atoms with van der Waals surface area (Å²) in [6, 6.07) is 11.3. The fraction of sp³-hybridized carbons (Fsp3) is 0.421. The molecular formula is C19H25N3O3S2. The molecule has 1 saturated heterocycles. The maximum Gasteiger partial charge on any atom is 0.252 e. The SMILES string of the molecule is Cc1ccccc1[C@H](C)NC(=O)CN1CCN(S(=O)(=O)c2cccs2)CC1. The highest BCUT2D eigenvalue weighted by Crippen LogP contribution is 2.22. The third kappa shape index (κ3) is 4.76. The first-order chi connectivity index (χ1) is 12.9. The van der Waals surface area contributed by atoms with Gasteiger partial charge in [0.2, 0.25) is 5.91 Å². The molecule has 1 aromatic carbocycles. The number of piperazine rings is 1. The minimum absolute atomic E-state index is 0.0414. The number of sulfonamides is 1. The van der Waals surface area contributed by atoms with Crippen LogP contribution in [-0.4, -0.2) is 56.3 Å². The van der Waals surface area contributed by atoms with E-state index in [0.29, 0.717) is 30.4 Å². The first-order valence-corrected chi connectivity index (χ1v) is 11.3.